The van der Waals surface area contributed by atoms with Crippen molar-refractivity contribution in [3.05, 3.63) is 127 Å². The van der Waals surface area contributed by atoms with Gasteiger partial charge in [-0.25, -0.2) is 15.0 Å². The van der Waals surface area contributed by atoms with Crippen molar-refractivity contribution in [3.63, 3.8) is 0 Å². The van der Waals surface area contributed by atoms with Crippen LogP contribution in [0, 0.1) is 5.92 Å². The summed E-state index contributed by atoms with van der Waals surface area (Å²) in [6.45, 7) is 0. The fourth-order valence-electron chi connectivity index (χ4n) is 5.75. The quantitative estimate of drug-likeness (QED) is 0.232. The van der Waals surface area contributed by atoms with Gasteiger partial charge in [-0.2, -0.15) is 0 Å². The first-order chi connectivity index (χ1) is 20.3. The summed E-state index contributed by atoms with van der Waals surface area (Å²) in [6.07, 6.45) is 9.47. The number of nitrogens with zero attached hydrogens (tertiary/aromatic N) is 3. The van der Waals surface area contributed by atoms with Gasteiger partial charge in [0.05, 0.1) is 5.69 Å². The summed E-state index contributed by atoms with van der Waals surface area (Å²) >= 11 is 0. The molecule has 5 heteroatoms. The number of benzene rings is 5. The Morgan fingerprint density at radius 3 is 1.95 bits per heavy atom. The highest BCUT2D eigenvalue weighted by Crippen LogP contribution is 2.44. The standard InChI is InChI=1S/C36H26N4O/c1-4-10-25(11-5-1)33-38-34(26-12-6-2-7-13-26)40-35(39-33)28-19-17-23-16-18-24-20-21-30-32(31(24)29(23)22-28)41-36(37-30)27-14-8-3-9-15-27/h1-14,16-22,27,36-37H,15H2. The minimum absolute atomic E-state index is 0.0966. The molecule has 5 aromatic carbocycles. The maximum atomic E-state index is 6.63. The highest BCUT2D eigenvalue weighted by molar-refractivity contribution is 6.13. The van der Waals surface area contributed by atoms with E-state index in [9.17, 15) is 0 Å². The molecular formula is C36H26N4O. The topological polar surface area (TPSA) is 59.9 Å². The number of rotatable bonds is 4. The first-order valence-electron chi connectivity index (χ1n) is 13.9. The third-order valence-corrected chi connectivity index (χ3v) is 7.86. The van der Waals surface area contributed by atoms with Crippen molar-refractivity contribution >= 4 is 27.2 Å². The van der Waals surface area contributed by atoms with Gasteiger partial charge in [0.25, 0.3) is 0 Å². The molecule has 0 saturated heterocycles. The van der Waals surface area contributed by atoms with Gasteiger partial charge in [-0.1, -0.05) is 115 Å². The van der Waals surface area contributed by atoms with E-state index in [0.717, 1.165) is 56.1 Å². The molecule has 8 rings (SSSR count). The van der Waals surface area contributed by atoms with Crippen molar-refractivity contribution in [3.8, 4) is 39.9 Å². The Morgan fingerprint density at radius 1 is 0.634 bits per heavy atom. The number of allylic oxidation sites excluding steroid dienone is 3. The van der Waals surface area contributed by atoms with Crippen LogP contribution in [0.4, 0.5) is 5.69 Å². The normalized spacial score (nSPS) is 17.4. The average molecular weight is 531 g/mol. The fourth-order valence-corrected chi connectivity index (χ4v) is 5.75. The van der Waals surface area contributed by atoms with E-state index >= 15 is 0 Å². The maximum absolute atomic E-state index is 6.63. The summed E-state index contributed by atoms with van der Waals surface area (Å²) in [7, 11) is 0. The van der Waals surface area contributed by atoms with Crippen LogP contribution in [0.3, 0.4) is 0 Å². The van der Waals surface area contributed by atoms with Gasteiger partial charge in [-0.3, -0.25) is 0 Å². The molecule has 0 spiro atoms. The van der Waals surface area contributed by atoms with Crippen molar-refractivity contribution in [2.45, 2.75) is 12.6 Å². The molecule has 2 aliphatic rings. The summed E-state index contributed by atoms with van der Waals surface area (Å²) in [4.78, 5) is 14.8. The van der Waals surface area contributed by atoms with Crippen LogP contribution in [0.5, 0.6) is 5.75 Å². The Labute approximate surface area is 237 Å². The van der Waals surface area contributed by atoms with Crippen LogP contribution >= 0.6 is 0 Å². The highest BCUT2D eigenvalue weighted by Gasteiger charge is 2.30. The first kappa shape index (κ1) is 23.6. The fraction of sp³-hybridized carbons (Fsp3) is 0.0833. The second kappa shape index (κ2) is 9.72. The van der Waals surface area contributed by atoms with E-state index in [-0.39, 0.29) is 12.1 Å². The minimum Gasteiger partial charge on any atom is -0.467 e. The summed E-state index contributed by atoms with van der Waals surface area (Å²) in [6, 6.07) is 35.2. The van der Waals surface area contributed by atoms with Gasteiger partial charge in [0.15, 0.2) is 29.5 Å². The lowest BCUT2D eigenvalue weighted by molar-refractivity contribution is 0.206. The van der Waals surface area contributed by atoms with Gasteiger partial charge in [-0.15, -0.1) is 0 Å². The number of aromatic nitrogens is 3. The minimum atomic E-state index is -0.0966. The lowest BCUT2D eigenvalue weighted by Gasteiger charge is -2.20. The van der Waals surface area contributed by atoms with Gasteiger partial charge < -0.3 is 10.1 Å². The van der Waals surface area contributed by atoms with E-state index in [1.807, 2.05) is 60.7 Å². The average Bonchev–Trinajstić information content (AvgIpc) is 3.50. The summed E-state index contributed by atoms with van der Waals surface area (Å²) in [5.74, 6) is 3.13. The Bertz CT molecular complexity index is 1930. The molecule has 0 amide bonds. The maximum Gasteiger partial charge on any atom is 0.176 e. The van der Waals surface area contributed by atoms with Crippen molar-refractivity contribution in [2.24, 2.45) is 5.92 Å². The molecule has 5 nitrogen and oxygen atoms in total. The molecule has 0 fully saturated rings. The predicted molar refractivity (Wildman–Crippen MR) is 166 cm³/mol. The zero-order valence-electron chi connectivity index (χ0n) is 22.2. The SMILES string of the molecule is C1=CCC(C2Nc3ccc4ccc5ccc(-c6nc(-c7ccccc7)nc(-c7ccccc7)n6)cc5c4c3O2)C=C1. The Hall–Kier alpha value is -5.29. The van der Waals surface area contributed by atoms with Gasteiger partial charge in [0.1, 0.15) is 0 Å². The molecular weight excluding hydrogens is 504 g/mol. The van der Waals surface area contributed by atoms with Gasteiger partial charge >= 0.3 is 0 Å². The highest BCUT2D eigenvalue weighted by atomic mass is 16.5. The molecule has 0 bridgehead atoms. The molecule has 0 radical (unpaired) electrons. The Kier molecular flexibility index (Phi) is 5.59. The first-order valence-corrected chi connectivity index (χ1v) is 13.9. The van der Waals surface area contributed by atoms with E-state index in [1.165, 1.54) is 0 Å². The lowest BCUT2D eigenvalue weighted by Crippen LogP contribution is -2.29. The van der Waals surface area contributed by atoms with Crippen molar-refractivity contribution in [1.29, 1.82) is 0 Å². The molecule has 0 saturated carbocycles. The number of fused-ring (bicyclic) bond motifs is 5. The smallest absolute Gasteiger partial charge is 0.176 e. The molecule has 41 heavy (non-hydrogen) atoms. The van der Waals surface area contributed by atoms with Crippen molar-refractivity contribution in [1.82, 2.24) is 15.0 Å². The number of ether oxygens (including phenoxy) is 1. The van der Waals surface area contributed by atoms with Crippen LogP contribution in [0.1, 0.15) is 6.42 Å². The second-order valence-corrected chi connectivity index (χ2v) is 10.5. The van der Waals surface area contributed by atoms with Crippen LogP contribution in [-0.4, -0.2) is 21.2 Å². The monoisotopic (exact) mass is 530 g/mol. The zero-order valence-corrected chi connectivity index (χ0v) is 22.2. The molecule has 1 N–H and O–H groups in total. The summed E-state index contributed by atoms with van der Waals surface area (Å²) < 4.78 is 6.63. The van der Waals surface area contributed by atoms with Crippen LogP contribution in [-0.2, 0) is 0 Å². The third kappa shape index (κ3) is 4.23. The van der Waals surface area contributed by atoms with Crippen LogP contribution in [0.2, 0.25) is 0 Å². The molecule has 2 unspecified atom stereocenters. The third-order valence-electron chi connectivity index (χ3n) is 7.86. The molecule has 2 atom stereocenters. The van der Waals surface area contributed by atoms with Crippen LogP contribution < -0.4 is 10.1 Å². The Balaban J connectivity index is 1.29. The van der Waals surface area contributed by atoms with Gasteiger partial charge in [0, 0.05) is 28.0 Å². The predicted octanol–water partition coefficient (Wildman–Crippen LogP) is 8.44. The number of hydrogen-bond acceptors (Lipinski definition) is 5. The van der Waals surface area contributed by atoms with E-state index < -0.39 is 0 Å². The van der Waals surface area contributed by atoms with Gasteiger partial charge in [-0.05, 0) is 34.7 Å². The van der Waals surface area contributed by atoms with Crippen LogP contribution in [0.15, 0.2) is 127 Å². The summed E-state index contributed by atoms with van der Waals surface area (Å²) in [5, 5.41) is 8.12. The molecule has 1 aromatic heterocycles. The Morgan fingerprint density at radius 2 is 1.27 bits per heavy atom. The molecule has 6 aromatic rings. The van der Waals surface area contributed by atoms with E-state index in [2.05, 4.69) is 72.1 Å². The van der Waals surface area contributed by atoms with E-state index in [1.54, 1.807) is 0 Å². The van der Waals surface area contributed by atoms with Gasteiger partial charge in [0.2, 0.25) is 0 Å². The van der Waals surface area contributed by atoms with Crippen molar-refractivity contribution in [2.75, 3.05) is 5.32 Å². The molecule has 196 valence electrons. The van der Waals surface area contributed by atoms with Crippen molar-refractivity contribution < 1.29 is 4.74 Å². The number of nitrogens with one attached hydrogen (secondary N) is 1. The largest absolute Gasteiger partial charge is 0.467 e. The summed E-state index contributed by atoms with van der Waals surface area (Å²) in [5.41, 5.74) is 3.87. The lowest BCUT2D eigenvalue weighted by atomic mass is 9.98. The van der Waals surface area contributed by atoms with E-state index in [0.29, 0.717) is 17.5 Å². The molecule has 1 aliphatic carbocycles. The zero-order chi connectivity index (χ0) is 27.2. The number of hydrogen-bond donors (Lipinski definition) is 1. The number of anilines is 1. The van der Waals surface area contributed by atoms with Crippen LogP contribution in [0.25, 0.3) is 55.7 Å². The molecule has 2 heterocycles. The molecule has 1 aliphatic heterocycles. The van der Waals surface area contributed by atoms with E-state index in [4.69, 9.17) is 19.7 Å². The second-order valence-electron chi connectivity index (χ2n) is 10.5.